The molecular weight excluding hydrogens is 606 g/mol. The molecule has 0 bridgehead atoms. The van der Waals surface area contributed by atoms with Gasteiger partial charge in [0.15, 0.2) is 12.0 Å². The van der Waals surface area contributed by atoms with Gasteiger partial charge in [0, 0.05) is 53.9 Å². The first-order valence-electron chi connectivity index (χ1n) is 17.2. The molecule has 0 aliphatic carbocycles. The predicted molar refractivity (Wildman–Crippen MR) is 188 cm³/mol. The fourth-order valence-corrected chi connectivity index (χ4v) is 7.41. The van der Waals surface area contributed by atoms with Crippen LogP contribution in [0, 0.1) is 0 Å². The van der Waals surface area contributed by atoms with Crippen LogP contribution in [0.5, 0.6) is 0 Å². The largest absolute Gasteiger partial charge is 0.394 e. The lowest BCUT2D eigenvalue weighted by molar-refractivity contribution is -0.437. The van der Waals surface area contributed by atoms with E-state index in [1.165, 1.54) is 28.2 Å². The van der Waals surface area contributed by atoms with Crippen LogP contribution < -0.4 is 10.2 Å². The average molecular weight is 659 g/mol. The minimum atomic E-state index is -1.53. The Morgan fingerprint density at radius 1 is 0.938 bits per heavy atom. The molecule has 2 aromatic rings. The fourth-order valence-electron chi connectivity index (χ4n) is 7.41. The summed E-state index contributed by atoms with van der Waals surface area (Å²) in [5, 5.41) is 42.6. The van der Waals surface area contributed by atoms with Crippen molar-refractivity contribution in [3.8, 4) is 0 Å². The van der Waals surface area contributed by atoms with E-state index in [0.29, 0.717) is 13.0 Å². The molecule has 3 heterocycles. The Morgan fingerprint density at radius 2 is 1.65 bits per heavy atom. The van der Waals surface area contributed by atoms with Crippen molar-refractivity contribution in [2.24, 2.45) is 0 Å². The van der Waals surface area contributed by atoms with E-state index in [9.17, 15) is 25.2 Å². The minimum absolute atomic E-state index is 0.0780. The van der Waals surface area contributed by atoms with Crippen LogP contribution in [0.4, 0.5) is 11.4 Å². The van der Waals surface area contributed by atoms with E-state index in [4.69, 9.17) is 4.74 Å². The van der Waals surface area contributed by atoms with Gasteiger partial charge < -0.3 is 35.4 Å². The molecule has 3 aliphatic heterocycles. The number of benzene rings is 2. The molecule has 3 aliphatic rings. The molecule has 9 nitrogen and oxygen atoms in total. The van der Waals surface area contributed by atoms with Gasteiger partial charge in [0.2, 0.25) is 11.6 Å². The van der Waals surface area contributed by atoms with Crippen LogP contribution in [0.1, 0.15) is 71.4 Å². The number of hydrogen-bond acceptors (Lipinski definition) is 7. The molecule has 0 radical (unpaired) electrons. The second-order valence-corrected chi connectivity index (χ2v) is 14.0. The summed E-state index contributed by atoms with van der Waals surface area (Å²) >= 11 is 0. The van der Waals surface area contributed by atoms with E-state index in [-0.39, 0.29) is 23.2 Å². The van der Waals surface area contributed by atoms with Gasteiger partial charge in [-0.15, -0.1) is 0 Å². The number of carbonyl (C=O) groups is 1. The monoisotopic (exact) mass is 658 g/mol. The highest BCUT2D eigenvalue weighted by Gasteiger charge is 2.45. The molecule has 0 saturated carbocycles. The smallest absolute Gasteiger partial charge is 0.220 e. The van der Waals surface area contributed by atoms with E-state index < -0.39 is 37.3 Å². The van der Waals surface area contributed by atoms with Crippen LogP contribution >= 0.6 is 0 Å². The molecule has 5 N–H and O–H groups in total. The number of para-hydroxylation sites is 2. The normalized spacial score (nSPS) is 26.9. The van der Waals surface area contributed by atoms with E-state index >= 15 is 0 Å². The Balaban J connectivity index is 1.25. The molecule has 258 valence electrons. The van der Waals surface area contributed by atoms with Crippen LogP contribution in [0.15, 0.2) is 84.6 Å². The number of fused-ring (bicyclic) bond motifs is 2. The lowest BCUT2D eigenvalue weighted by Crippen LogP contribution is -2.64. The van der Waals surface area contributed by atoms with Crippen LogP contribution in [0.2, 0.25) is 0 Å². The number of carbonyl (C=O) groups excluding carboxylic acids is 1. The van der Waals surface area contributed by atoms with Crippen molar-refractivity contribution in [3.63, 3.8) is 0 Å². The number of rotatable bonds is 12. The molecule has 1 saturated heterocycles. The van der Waals surface area contributed by atoms with Crippen molar-refractivity contribution in [2.75, 3.05) is 24.6 Å². The quantitative estimate of drug-likeness (QED) is 0.131. The van der Waals surface area contributed by atoms with Crippen molar-refractivity contribution in [3.05, 3.63) is 95.7 Å². The summed E-state index contributed by atoms with van der Waals surface area (Å²) in [5.41, 5.74) is 7.27. The second-order valence-electron chi connectivity index (χ2n) is 14.0. The molecular formula is C39H52N3O6+. The third-order valence-electron chi connectivity index (χ3n) is 10.0. The summed E-state index contributed by atoms with van der Waals surface area (Å²) in [6, 6.07) is 15.9. The van der Waals surface area contributed by atoms with Gasteiger partial charge in [-0.3, -0.25) is 4.79 Å². The zero-order valence-electron chi connectivity index (χ0n) is 28.8. The Hall–Kier alpha value is -3.60. The summed E-state index contributed by atoms with van der Waals surface area (Å²) in [5.74, 6) is -0.354. The maximum atomic E-state index is 12.7. The number of aliphatic hydroxyl groups excluding tert-OH is 4. The first kappa shape index (κ1) is 35.7. The van der Waals surface area contributed by atoms with E-state index in [1.54, 1.807) is 0 Å². The molecule has 5 rings (SSSR count). The lowest BCUT2D eigenvalue weighted by atomic mass is 9.81. The number of anilines is 1. The Morgan fingerprint density at radius 3 is 2.38 bits per heavy atom. The van der Waals surface area contributed by atoms with Crippen LogP contribution in [0.25, 0.3) is 0 Å². The number of ether oxygens (including phenoxy) is 1. The Kier molecular flexibility index (Phi) is 11.1. The van der Waals surface area contributed by atoms with Crippen molar-refractivity contribution >= 4 is 23.0 Å². The molecule has 48 heavy (non-hydrogen) atoms. The van der Waals surface area contributed by atoms with Crippen molar-refractivity contribution in [2.45, 2.75) is 102 Å². The van der Waals surface area contributed by atoms with Crippen LogP contribution in [-0.2, 0) is 20.4 Å². The van der Waals surface area contributed by atoms with E-state index in [2.05, 4.69) is 128 Å². The van der Waals surface area contributed by atoms with Crippen LogP contribution in [-0.4, -0.2) is 87.0 Å². The van der Waals surface area contributed by atoms with Crippen LogP contribution in [0.3, 0.4) is 0 Å². The number of allylic oxidation sites excluding steroid dienone is 6. The molecule has 0 spiro atoms. The molecule has 0 aromatic heterocycles. The van der Waals surface area contributed by atoms with Crippen molar-refractivity contribution in [1.82, 2.24) is 5.32 Å². The average Bonchev–Trinajstić information content (AvgIpc) is 3.41. The maximum absolute atomic E-state index is 12.7. The number of hydrogen-bond donors (Lipinski definition) is 5. The zero-order valence-corrected chi connectivity index (χ0v) is 28.8. The number of nitrogens with zero attached hydrogens (tertiary/aromatic N) is 2. The first-order chi connectivity index (χ1) is 22.9. The summed E-state index contributed by atoms with van der Waals surface area (Å²) in [4.78, 5) is 15.1. The van der Waals surface area contributed by atoms with Gasteiger partial charge in [0.25, 0.3) is 0 Å². The lowest BCUT2D eigenvalue weighted by Gasteiger charge is -2.40. The van der Waals surface area contributed by atoms with Crippen molar-refractivity contribution in [1.29, 1.82) is 0 Å². The van der Waals surface area contributed by atoms with Crippen molar-refractivity contribution < 1.29 is 34.5 Å². The van der Waals surface area contributed by atoms with Gasteiger partial charge in [-0.2, -0.15) is 4.58 Å². The van der Waals surface area contributed by atoms with Gasteiger partial charge in [-0.25, -0.2) is 0 Å². The summed E-state index contributed by atoms with van der Waals surface area (Å²) in [6.07, 6.45) is 7.84. The third-order valence-corrected chi connectivity index (χ3v) is 10.0. The Labute approximate surface area is 284 Å². The minimum Gasteiger partial charge on any atom is -0.394 e. The maximum Gasteiger partial charge on any atom is 0.220 e. The molecule has 5 atom stereocenters. The molecule has 9 heteroatoms. The number of nitrogens with one attached hydrogen (secondary N) is 1. The zero-order chi connectivity index (χ0) is 34.6. The van der Waals surface area contributed by atoms with Gasteiger partial charge in [0.05, 0.1) is 12.0 Å². The highest BCUT2D eigenvalue weighted by molar-refractivity contribution is 6.03. The SMILES string of the molecule is CCC[N+]1=C(/C=C/C=C/C=C2/N(CCCCC(=O)N[C@H]3C(O)O[C@H](CO)[C@@H](O)[C@@H]3O)c3ccccc3C2(C)C)C(C)(C)c2ccccc21. The molecule has 2 aromatic carbocycles. The first-order valence-corrected chi connectivity index (χ1v) is 17.2. The second kappa shape index (κ2) is 14.9. The topological polar surface area (TPSA) is 126 Å². The number of amides is 1. The Bertz CT molecular complexity index is 1590. The van der Waals surface area contributed by atoms with Gasteiger partial charge in [-0.05, 0) is 44.4 Å². The third kappa shape index (κ3) is 6.93. The van der Waals surface area contributed by atoms with Gasteiger partial charge in [0.1, 0.15) is 30.9 Å². The summed E-state index contributed by atoms with van der Waals surface area (Å²) in [6.45, 7) is 12.4. The molecule has 1 fully saturated rings. The highest BCUT2D eigenvalue weighted by Crippen LogP contribution is 2.47. The summed E-state index contributed by atoms with van der Waals surface area (Å²) in [7, 11) is 0. The van der Waals surface area contributed by atoms with E-state index in [1.807, 2.05) is 0 Å². The van der Waals surface area contributed by atoms with Gasteiger partial charge in [-0.1, -0.05) is 75.4 Å². The molecule has 1 amide bonds. The van der Waals surface area contributed by atoms with E-state index in [0.717, 1.165) is 25.1 Å². The standard InChI is InChI=1S/C39H51N3O6/c1-6-23-41-28-18-12-10-16-26(28)38(2,3)31(41)20-8-7-9-21-32-39(4,5)27-17-11-13-19-29(27)42(32)24-15-14-22-33(44)40-34-36(46)35(45)30(25-43)48-37(34)47/h7-13,16-21,30,34-37,43,45-47H,6,14-15,22-25H2,1-5H3/p+1/t30-,34-,35-,36-,37?/m1/s1. The highest BCUT2D eigenvalue weighted by atomic mass is 16.6. The van der Waals surface area contributed by atoms with Gasteiger partial charge >= 0.3 is 0 Å². The number of aliphatic hydroxyl groups is 4. The predicted octanol–water partition coefficient (Wildman–Crippen LogP) is 4.35. The number of unbranched alkanes of at least 4 members (excludes halogenated alkanes) is 1. The molecule has 1 unspecified atom stereocenters. The summed E-state index contributed by atoms with van der Waals surface area (Å²) < 4.78 is 7.60. The fraction of sp³-hybridized carbons (Fsp3) is 0.487.